The lowest BCUT2D eigenvalue weighted by Gasteiger charge is -2.24. The van der Waals surface area contributed by atoms with Crippen LogP contribution in [0.3, 0.4) is 0 Å². The summed E-state index contributed by atoms with van der Waals surface area (Å²) < 4.78 is 6.26. The molecule has 1 aliphatic carbocycles. The Morgan fingerprint density at radius 1 is 1.05 bits per heavy atom. The number of hydrogen-bond acceptors (Lipinski definition) is 11. The third-order valence-electron chi connectivity index (χ3n) is 11.4. The minimum Gasteiger partial charge on any atom is -0.481 e. The van der Waals surface area contributed by atoms with Crippen molar-refractivity contribution in [3.05, 3.63) is 104 Å². The number of halogens is 1. The molecule has 0 amide bonds. The molecule has 13 nitrogen and oxygen atoms in total. The maximum Gasteiger partial charge on any atom is 0.317 e. The van der Waals surface area contributed by atoms with E-state index in [-0.39, 0.29) is 34.2 Å². The van der Waals surface area contributed by atoms with Crippen LogP contribution in [0.1, 0.15) is 47.6 Å². The normalized spacial score (nSPS) is 20.1. The Morgan fingerprint density at radius 2 is 1.87 bits per heavy atom. The molecule has 0 bridgehead atoms. The third kappa shape index (κ3) is 6.36. The number of likely N-dealkylation sites (tertiary alicyclic amines) is 2. The first-order chi connectivity index (χ1) is 26.6. The third-order valence-corrected chi connectivity index (χ3v) is 11.8. The number of anilines is 2. The van der Waals surface area contributed by atoms with Crippen LogP contribution in [0.5, 0.6) is 0 Å². The molecule has 5 heterocycles. The fourth-order valence-electron chi connectivity index (χ4n) is 8.68. The molecule has 2 saturated heterocycles. The minimum atomic E-state index is -0.810. The van der Waals surface area contributed by atoms with Crippen LogP contribution >= 0.6 is 11.6 Å². The van der Waals surface area contributed by atoms with Crippen LogP contribution in [0.15, 0.2) is 71.4 Å². The van der Waals surface area contributed by atoms with Gasteiger partial charge in [-0.1, -0.05) is 35.9 Å². The molecule has 3 aliphatic rings. The molecule has 3 aromatic carbocycles. The van der Waals surface area contributed by atoms with E-state index in [0.29, 0.717) is 77.6 Å². The number of carboxylic acids is 1. The molecule has 6 aromatic rings. The summed E-state index contributed by atoms with van der Waals surface area (Å²) in [4.78, 5) is 42.3. The van der Waals surface area contributed by atoms with E-state index < -0.39 is 11.9 Å². The molecule has 3 aromatic heterocycles. The summed E-state index contributed by atoms with van der Waals surface area (Å²) >= 11 is 7.13. The van der Waals surface area contributed by atoms with E-state index in [0.717, 1.165) is 52.7 Å². The van der Waals surface area contributed by atoms with Gasteiger partial charge in [0.25, 0.3) is 0 Å². The Hall–Kier alpha value is -5.47. The lowest BCUT2D eigenvalue weighted by Crippen LogP contribution is -2.26. The molecule has 0 spiro atoms. The summed E-state index contributed by atoms with van der Waals surface area (Å²) in [6.07, 6.45) is 5.83. The topological polar surface area (TPSA) is 171 Å². The smallest absolute Gasteiger partial charge is 0.317 e. The number of nitro groups is 1. The second-order valence-electron chi connectivity index (χ2n) is 14.8. The average molecular weight is 760 g/mol. The van der Waals surface area contributed by atoms with Gasteiger partial charge in [-0.05, 0) is 91.7 Å². The number of fused-ring (bicyclic) bond motifs is 3. The Balaban J connectivity index is 1.02. The van der Waals surface area contributed by atoms with Crippen LogP contribution in [-0.4, -0.2) is 78.1 Å². The number of pyridine rings is 2. The van der Waals surface area contributed by atoms with Crippen molar-refractivity contribution in [3.8, 4) is 22.6 Å². The van der Waals surface area contributed by atoms with Gasteiger partial charge in [0, 0.05) is 66.7 Å². The standard InChI is InChI=1S/C41H38ClN7O6/c1-22-27(29-6-3-7-32(35(29)42)45-39-36-24(10-13-43-39)16-23(18-44-36)19-47-14-12-26(50)21-47)4-2-5-28(22)40-46-33-17-31-30(37(49(53)54)38(33)55-40)8-9-34(31)48-15-11-25(20-48)41(51)52/h2-7,10,13,16-18,25-26,34,50H,8-9,11-12,14-15,19-21H2,1H3,(H,43,45)(H,51,52)/t25-,26-,34-/m1/s1. The summed E-state index contributed by atoms with van der Waals surface area (Å²) in [5, 5.41) is 36.9. The number of nitrogens with one attached hydrogen (secondary N) is 1. The van der Waals surface area contributed by atoms with Gasteiger partial charge in [-0.15, -0.1) is 0 Å². The van der Waals surface area contributed by atoms with E-state index in [1.807, 2.05) is 61.7 Å². The van der Waals surface area contributed by atoms with Crippen LogP contribution < -0.4 is 5.32 Å². The monoisotopic (exact) mass is 759 g/mol. The van der Waals surface area contributed by atoms with Crippen LogP contribution in [0, 0.1) is 23.0 Å². The molecular weight excluding hydrogens is 722 g/mol. The van der Waals surface area contributed by atoms with Gasteiger partial charge in [-0.25, -0.2) is 9.97 Å². The molecule has 3 atom stereocenters. The van der Waals surface area contributed by atoms with Gasteiger partial charge in [0.2, 0.25) is 11.5 Å². The lowest BCUT2D eigenvalue weighted by molar-refractivity contribution is -0.384. The first kappa shape index (κ1) is 35.2. The maximum absolute atomic E-state index is 12.5. The van der Waals surface area contributed by atoms with E-state index in [4.69, 9.17) is 26.0 Å². The highest BCUT2D eigenvalue weighted by molar-refractivity contribution is 6.36. The number of aromatic nitrogens is 3. The Labute approximate surface area is 320 Å². The Kier molecular flexibility index (Phi) is 8.96. The summed E-state index contributed by atoms with van der Waals surface area (Å²) in [7, 11) is 0. The summed E-state index contributed by atoms with van der Waals surface area (Å²) in [6, 6.07) is 17.3. The predicted octanol–water partition coefficient (Wildman–Crippen LogP) is 7.68. The van der Waals surface area contributed by atoms with Gasteiger partial charge in [0.1, 0.15) is 11.0 Å². The molecular formula is C41H38ClN7O6. The maximum atomic E-state index is 12.5. The largest absolute Gasteiger partial charge is 0.481 e. The number of carbonyl (C=O) groups is 1. The zero-order valence-corrected chi connectivity index (χ0v) is 30.8. The van der Waals surface area contributed by atoms with Crippen LogP contribution in [0.25, 0.3) is 44.6 Å². The zero-order chi connectivity index (χ0) is 38.0. The van der Waals surface area contributed by atoms with E-state index >= 15 is 0 Å². The zero-order valence-electron chi connectivity index (χ0n) is 30.0. The quantitative estimate of drug-likeness (QED) is 0.0972. The van der Waals surface area contributed by atoms with Gasteiger partial charge >= 0.3 is 11.7 Å². The summed E-state index contributed by atoms with van der Waals surface area (Å²) in [5.74, 6) is -0.417. The van der Waals surface area contributed by atoms with Gasteiger partial charge in [0.05, 0.1) is 27.7 Å². The molecule has 280 valence electrons. The highest BCUT2D eigenvalue weighted by atomic mass is 35.5. The fraction of sp³-hybridized carbons (Fsp3) is 0.317. The van der Waals surface area contributed by atoms with Gasteiger partial charge in [-0.3, -0.25) is 29.7 Å². The van der Waals surface area contributed by atoms with Crippen molar-refractivity contribution in [2.45, 2.75) is 51.3 Å². The number of hydrogen-bond donors (Lipinski definition) is 3. The number of benzene rings is 3. The molecule has 55 heavy (non-hydrogen) atoms. The number of aliphatic hydroxyl groups is 1. The number of carboxylic acid groups (broad SMARTS) is 1. The molecule has 2 fully saturated rings. The second kappa shape index (κ2) is 14.0. The predicted molar refractivity (Wildman–Crippen MR) is 208 cm³/mol. The van der Waals surface area contributed by atoms with Crippen LogP contribution in [0.4, 0.5) is 17.2 Å². The van der Waals surface area contributed by atoms with E-state index in [9.17, 15) is 25.1 Å². The number of aliphatic hydroxyl groups excluding tert-OH is 1. The number of β-amino-alcohol motifs (C(OH)–C–C–N with tert-alkyl or cyclic N) is 1. The van der Waals surface area contributed by atoms with Crippen molar-refractivity contribution in [2.24, 2.45) is 5.92 Å². The van der Waals surface area contributed by atoms with Crippen molar-refractivity contribution >= 4 is 56.8 Å². The number of rotatable bonds is 9. The first-order valence-corrected chi connectivity index (χ1v) is 18.9. The Morgan fingerprint density at radius 3 is 2.65 bits per heavy atom. The lowest BCUT2D eigenvalue weighted by atomic mass is 9.96. The fourth-order valence-corrected chi connectivity index (χ4v) is 8.96. The molecule has 9 rings (SSSR count). The highest BCUT2D eigenvalue weighted by Crippen LogP contribution is 2.47. The number of nitrogens with zero attached hydrogens (tertiary/aromatic N) is 6. The molecule has 0 saturated carbocycles. The van der Waals surface area contributed by atoms with Crippen LogP contribution in [0.2, 0.25) is 5.02 Å². The van der Waals surface area contributed by atoms with Crippen molar-refractivity contribution in [2.75, 3.05) is 31.5 Å². The van der Waals surface area contributed by atoms with Gasteiger partial charge in [-0.2, -0.15) is 0 Å². The average Bonchev–Trinajstić information content (AvgIpc) is 3.98. The number of oxazole rings is 1. The van der Waals surface area contributed by atoms with Crippen molar-refractivity contribution in [3.63, 3.8) is 0 Å². The molecule has 0 unspecified atom stereocenters. The van der Waals surface area contributed by atoms with Gasteiger partial charge < -0.3 is 19.9 Å². The summed E-state index contributed by atoms with van der Waals surface area (Å²) in [6.45, 7) is 5.24. The minimum absolute atomic E-state index is 0.0717. The Bertz CT molecular complexity index is 2520. The first-order valence-electron chi connectivity index (χ1n) is 18.5. The van der Waals surface area contributed by atoms with E-state index in [1.165, 1.54) is 0 Å². The molecule has 3 N–H and O–H groups in total. The van der Waals surface area contributed by atoms with Crippen molar-refractivity contribution in [1.29, 1.82) is 0 Å². The highest BCUT2D eigenvalue weighted by Gasteiger charge is 2.40. The van der Waals surface area contributed by atoms with Crippen molar-refractivity contribution in [1.82, 2.24) is 24.8 Å². The second-order valence-corrected chi connectivity index (χ2v) is 15.2. The van der Waals surface area contributed by atoms with Crippen LogP contribution in [-0.2, 0) is 17.8 Å². The van der Waals surface area contributed by atoms with E-state index in [1.54, 1.807) is 6.20 Å². The number of nitro benzene ring substituents is 1. The molecule has 14 heteroatoms. The molecule has 0 radical (unpaired) electrons. The van der Waals surface area contributed by atoms with E-state index in [2.05, 4.69) is 26.2 Å². The summed E-state index contributed by atoms with van der Waals surface area (Å²) in [5.41, 5.74) is 7.45. The van der Waals surface area contributed by atoms with Crippen molar-refractivity contribution < 1.29 is 24.3 Å². The van der Waals surface area contributed by atoms with Gasteiger partial charge in [0.15, 0.2) is 5.82 Å². The number of aliphatic carboxylic acids is 1. The molecule has 2 aliphatic heterocycles. The SMILES string of the molecule is Cc1c(-c2nc3cc4c(c([N+](=O)[O-])c3o2)CC[C@H]4N2CC[C@@H](C(=O)O)C2)cccc1-c1cccc(Nc2nccc3cc(CN4CC[C@@H](O)C4)cnc23)c1Cl.